The molecule has 3 N–H and O–H groups in total. The number of hydrogen-bond acceptors (Lipinski definition) is 2. The van der Waals surface area contributed by atoms with Crippen LogP contribution in [0.5, 0.6) is 0 Å². The van der Waals surface area contributed by atoms with Crippen LogP contribution in [-0.2, 0) is 0 Å². The molecule has 4 heteroatoms. The molecule has 0 radical (unpaired) electrons. The topological polar surface area (TPSA) is 68.2 Å². The number of aromatic carboxylic acids is 1. The van der Waals surface area contributed by atoms with Crippen LogP contribution in [-0.4, -0.2) is 15.8 Å². The first kappa shape index (κ1) is 10.3. The van der Waals surface area contributed by atoms with E-state index in [1.807, 2.05) is 30.3 Å². The van der Waals surface area contributed by atoms with Crippen LogP contribution in [0.2, 0.25) is 0 Å². The fourth-order valence-electron chi connectivity index (χ4n) is 1.67. The summed E-state index contributed by atoms with van der Waals surface area (Å²) in [5, 5.41) is 8.98. The van der Waals surface area contributed by atoms with Gasteiger partial charge in [0.1, 0.15) is 0 Å². The first-order chi connectivity index (χ1) is 7.61. The number of hydrogen-bond donors (Lipinski definition) is 2. The first-order valence-electron chi connectivity index (χ1n) is 4.87. The van der Waals surface area contributed by atoms with Crippen LogP contribution in [0.4, 0.5) is 0 Å². The lowest BCUT2D eigenvalue weighted by atomic mass is 10.1. The maximum Gasteiger partial charge on any atom is 0.337 e. The van der Waals surface area contributed by atoms with Gasteiger partial charge >= 0.3 is 5.97 Å². The average molecular weight is 216 g/mol. The third-order valence-corrected chi connectivity index (χ3v) is 2.59. The molecule has 1 heterocycles. The van der Waals surface area contributed by atoms with Crippen LogP contribution in [0.25, 0.3) is 11.3 Å². The minimum Gasteiger partial charge on any atom is -0.478 e. The van der Waals surface area contributed by atoms with Crippen molar-refractivity contribution in [1.82, 2.24) is 4.68 Å². The maximum absolute atomic E-state index is 10.9. The Labute approximate surface area is 92.9 Å². The molecule has 0 amide bonds. The van der Waals surface area contributed by atoms with E-state index in [4.69, 9.17) is 10.9 Å². The normalized spacial score (nSPS) is 10.3. The van der Waals surface area contributed by atoms with Gasteiger partial charge in [0.25, 0.3) is 0 Å². The van der Waals surface area contributed by atoms with Crippen LogP contribution >= 0.6 is 0 Å². The molecule has 2 aromatic rings. The fraction of sp³-hybridized carbons (Fsp3) is 0.0833. The zero-order valence-electron chi connectivity index (χ0n) is 8.84. The predicted molar refractivity (Wildman–Crippen MR) is 61.7 cm³/mol. The number of carboxylic acid groups (broad SMARTS) is 1. The lowest BCUT2D eigenvalue weighted by Crippen LogP contribution is -2.12. The van der Waals surface area contributed by atoms with Crippen LogP contribution < -0.4 is 5.84 Å². The van der Waals surface area contributed by atoms with Gasteiger partial charge in [-0.3, -0.25) is 4.68 Å². The molecule has 1 aromatic heterocycles. The molecule has 0 aliphatic heterocycles. The zero-order chi connectivity index (χ0) is 11.7. The van der Waals surface area contributed by atoms with Crippen molar-refractivity contribution in [2.45, 2.75) is 6.92 Å². The van der Waals surface area contributed by atoms with Crippen LogP contribution in [0.1, 0.15) is 16.1 Å². The predicted octanol–water partition coefficient (Wildman–Crippen LogP) is 1.88. The van der Waals surface area contributed by atoms with Crippen molar-refractivity contribution in [3.8, 4) is 11.3 Å². The zero-order valence-corrected chi connectivity index (χ0v) is 8.84. The van der Waals surface area contributed by atoms with E-state index in [0.29, 0.717) is 11.4 Å². The number of carbonyl (C=O) groups is 1. The van der Waals surface area contributed by atoms with E-state index in [2.05, 4.69) is 0 Å². The lowest BCUT2D eigenvalue weighted by molar-refractivity contribution is 0.0696. The highest BCUT2D eigenvalue weighted by Crippen LogP contribution is 2.23. The number of nitrogen functional groups attached to an aromatic ring is 1. The molecule has 0 aliphatic rings. The molecule has 4 nitrogen and oxygen atoms in total. The number of benzene rings is 1. The molecule has 0 saturated heterocycles. The summed E-state index contributed by atoms with van der Waals surface area (Å²) in [5.74, 6) is 4.87. The van der Waals surface area contributed by atoms with Gasteiger partial charge in [-0.15, -0.1) is 0 Å². The van der Waals surface area contributed by atoms with Gasteiger partial charge < -0.3 is 10.9 Å². The highest BCUT2D eigenvalue weighted by molar-refractivity contribution is 5.91. The molecular weight excluding hydrogens is 204 g/mol. The Morgan fingerprint density at radius 1 is 1.31 bits per heavy atom. The highest BCUT2D eigenvalue weighted by atomic mass is 16.4. The van der Waals surface area contributed by atoms with Gasteiger partial charge in [-0.1, -0.05) is 30.3 Å². The summed E-state index contributed by atoms with van der Waals surface area (Å²) in [4.78, 5) is 10.9. The van der Waals surface area contributed by atoms with Gasteiger partial charge in [0.05, 0.1) is 17.0 Å². The third kappa shape index (κ3) is 1.54. The Balaban J connectivity index is 2.60. The summed E-state index contributed by atoms with van der Waals surface area (Å²) in [6.07, 6.45) is 0. The van der Waals surface area contributed by atoms with Crippen molar-refractivity contribution in [1.29, 1.82) is 0 Å². The molecule has 0 atom stereocenters. The van der Waals surface area contributed by atoms with Crippen LogP contribution in [0, 0.1) is 6.92 Å². The van der Waals surface area contributed by atoms with Crippen molar-refractivity contribution in [3.63, 3.8) is 0 Å². The number of carboxylic acids is 1. The number of aromatic nitrogens is 1. The maximum atomic E-state index is 10.9. The Bertz CT molecular complexity index is 529. The molecule has 82 valence electrons. The molecule has 0 saturated carbocycles. The van der Waals surface area contributed by atoms with E-state index < -0.39 is 5.97 Å². The summed E-state index contributed by atoms with van der Waals surface area (Å²) in [6.45, 7) is 1.69. The molecule has 0 bridgehead atoms. The van der Waals surface area contributed by atoms with E-state index in [0.717, 1.165) is 5.56 Å². The molecule has 0 spiro atoms. The van der Waals surface area contributed by atoms with Gasteiger partial charge in [-0.2, -0.15) is 0 Å². The summed E-state index contributed by atoms with van der Waals surface area (Å²) in [7, 11) is 0. The second-order valence-corrected chi connectivity index (χ2v) is 3.57. The number of nitrogens with two attached hydrogens (primary N) is 1. The van der Waals surface area contributed by atoms with E-state index in [9.17, 15) is 4.79 Å². The third-order valence-electron chi connectivity index (χ3n) is 2.59. The Kier molecular flexibility index (Phi) is 2.40. The molecule has 16 heavy (non-hydrogen) atoms. The molecular formula is C12H12N2O2. The van der Waals surface area contributed by atoms with Crippen molar-refractivity contribution in [2.75, 3.05) is 5.84 Å². The summed E-state index contributed by atoms with van der Waals surface area (Å²) in [5.41, 5.74) is 2.39. The Morgan fingerprint density at radius 3 is 2.44 bits per heavy atom. The minimum atomic E-state index is -0.959. The fourth-order valence-corrected chi connectivity index (χ4v) is 1.67. The Morgan fingerprint density at radius 2 is 1.94 bits per heavy atom. The van der Waals surface area contributed by atoms with Gasteiger partial charge in [-0.05, 0) is 13.0 Å². The van der Waals surface area contributed by atoms with Crippen LogP contribution in [0.3, 0.4) is 0 Å². The molecule has 0 unspecified atom stereocenters. The standard InChI is InChI=1S/C12H12N2O2/c1-8-10(12(15)16)7-11(14(8)13)9-5-3-2-4-6-9/h2-7H,13H2,1H3,(H,15,16). The second-order valence-electron chi connectivity index (χ2n) is 3.57. The quantitative estimate of drug-likeness (QED) is 0.753. The molecule has 2 rings (SSSR count). The summed E-state index contributed by atoms with van der Waals surface area (Å²) in [6, 6.07) is 11.1. The summed E-state index contributed by atoms with van der Waals surface area (Å²) >= 11 is 0. The van der Waals surface area contributed by atoms with Gasteiger partial charge in [0.15, 0.2) is 0 Å². The van der Waals surface area contributed by atoms with Gasteiger partial charge in [0, 0.05) is 5.56 Å². The highest BCUT2D eigenvalue weighted by Gasteiger charge is 2.15. The number of rotatable bonds is 2. The van der Waals surface area contributed by atoms with Crippen LogP contribution in [0.15, 0.2) is 36.4 Å². The molecule has 0 fully saturated rings. The van der Waals surface area contributed by atoms with Gasteiger partial charge in [0.2, 0.25) is 0 Å². The second kappa shape index (κ2) is 3.73. The lowest BCUT2D eigenvalue weighted by Gasteiger charge is -2.04. The van der Waals surface area contributed by atoms with Crippen molar-refractivity contribution in [3.05, 3.63) is 47.7 Å². The average Bonchev–Trinajstić information content (AvgIpc) is 2.58. The van der Waals surface area contributed by atoms with E-state index in [-0.39, 0.29) is 5.56 Å². The van der Waals surface area contributed by atoms with Gasteiger partial charge in [-0.25, -0.2) is 4.79 Å². The molecule has 1 aromatic carbocycles. The van der Waals surface area contributed by atoms with Crippen molar-refractivity contribution in [2.24, 2.45) is 0 Å². The van der Waals surface area contributed by atoms with E-state index in [1.165, 1.54) is 4.68 Å². The van der Waals surface area contributed by atoms with Crippen molar-refractivity contribution < 1.29 is 9.90 Å². The van der Waals surface area contributed by atoms with Crippen molar-refractivity contribution >= 4 is 5.97 Å². The SMILES string of the molecule is Cc1c(C(=O)O)cc(-c2ccccc2)n1N. The largest absolute Gasteiger partial charge is 0.478 e. The van der Waals surface area contributed by atoms with E-state index >= 15 is 0 Å². The monoisotopic (exact) mass is 216 g/mol. The smallest absolute Gasteiger partial charge is 0.337 e. The number of nitrogens with zero attached hydrogens (tertiary/aromatic N) is 1. The summed E-state index contributed by atoms with van der Waals surface area (Å²) < 4.78 is 1.40. The molecule has 0 aliphatic carbocycles. The minimum absolute atomic E-state index is 0.237. The van der Waals surface area contributed by atoms with E-state index in [1.54, 1.807) is 13.0 Å². The Hall–Kier alpha value is -2.23. The first-order valence-corrected chi connectivity index (χ1v) is 4.87.